The van der Waals surface area contributed by atoms with Crippen LogP contribution >= 0.6 is 0 Å². The molecule has 0 fully saturated rings. The van der Waals surface area contributed by atoms with Crippen molar-refractivity contribution in [2.24, 2.45) is 23.7 Å². The summed E-state index contributed by atoms with van der Waals surface area (Å²) in [4.78, 5) is 42.5. The van der Waals surface area contributed by atoms with E-state index in [4.69, 9.17) is 14.7 Å². The molecule has 0 saturated carbocycles. The Morgan fingerprint density at radius 3 is 2.54 bits per heavy atom. The molecule has 0 heterocycles. The molecule has 0 bridgehead atoms. The predicted molar refractivity (Wildman–Crippen MR) is 144 cm³/mol. The number of carbonyl (C=O) groups is 3. The van der Waals surface area contributed by atoms with Crippen molar-refractivity contribution < 1.29 is 39.3 Å². The molecule has 214 valence electrons. The topological polar surface area (TPSA) is 142 Å². The number of benzene rings is 1. The second-order valence-corrected chi connectivity index (χ2v) is 10.7. The predicted octanol–water partition coefficient (Wildman–Crippen LogP) is 3.70. The molecule has 2 aliphatic carbocycles. The van der Waals surface area contributed by atoms with Crippen molar-refractivity contribution in [2.45, 2.75) is 84.2 Å². The first-order valence-corrected chi connectivity index (χ1v) is 13.8. The molecule has 0 saturated heterocycles. The van der Waals surface area contributed by atoms with Crippen molar-refractivity contribution in [2.75, 3.05) is 0 Å². The quantitative estimate of drug-likeness (QED) is 0.204. The number of fused-ring (bicyclic) bond motifs is 1. The number of esters is 1. The number of hydrogen-bond donors (Lipinski definition) is 4. The summed E-state index contributed by atoms with van der Waals surface area (Å²) in [6, 6.07) is 9.67. The highest BCUT2D eigenvalue weighted by molar-refractivity contribution is 5.94. The first-order chi connectivity index (χ1) is 18.6. The Bertz CT molecular complexity index is 1050. The van der Waals surface area contributed by atoms with Crippen LogP contribution in [0.3, 0.4) is 0 Å². The number of carboxylic acid groups (broad SMARTS) is 1. The van der Waals surface area contributed by atoms with Crippen LogP contribution in [0.5, 0.6) is 0 Å². The van der Waals surface area contributed by atoms with E-state index in [1.54, 1.807) is 6.08 Å². The van der Waals surface area contributed by atoms with E-state index in [1.165, 1.54) is 0 Å². The summed E-state index contributed by atoms with van der Waals surface area (Å²) in [6.45, 7) is 5.91. The van der Waals surface area contributed by atoms with Gasteiger partial charge in [-0.3, -0.25) is 24.7 Å². The van der Waals surface area contributed by atoms with Gasteiger partial charge in [0.05, 0.1) is 36.9 Å². The minimum atomic E-state index is -1.15. The second kappa shape index (κ2) is 14.4. The highest BCUT2D eigenvalue weighted by Crippen LogP contribution is 2.45. The lowest BCUT2D eigenvalue weighted by Crippen LogP contribution is -2.45. The minimum absolute atomic E-state index is 0.0590. The highest BCUT2D eigenvalue weighted by atomic mass is 16.6. The minimum Gasteiger partial charge on any atom is -0.481 e. The number of rotatable bonds is 14. The third-order valence-electron chi connectivity index (χ3n) is 7.81. The molecule has 0 radical (unpaired) electrons. The van der Waals surface area contributed by atoms with Gasteiger partial charge in [0.2, 0.25) is 0 Å². The lowest BCUT2D eigenvalue weighted by molar-refractivity contribution is -0.157. The van der Waals surface area contributed by atoms with Gasteiger partial charge in [-0.1, -0.05) is 57.2 Å². The molecule has 2 aliphatic rings. The van der Waals surface area contributed by atoms with Crippen molar-refractivity contribution in [3.05, 3.63) is 59.3 Å². The number of nitrogens with one attached hydrogen (secondary N) is 1. The van der Waals surface area contributed by atoms with E-state index in [2.05, 4.69) is 5.48 Å². The summed E-state index contributed by atoms with van der Waals surface area (Å²) in [5, 5.41) is 29.3. The molecule has 7 atom stereocenters. The van der Waals surface area contributed by atoms with Gasteiger partial charge in [0.1, 0.15) is 6.10 Å². The summed E-state index contributed by atoms with van der Waals surface area (Å²) < 4.78 is 5.99. The lowest BCUT2D eigenvalue weighted by atomic mass is 9.64. The van der Waals surface area contributed by atoms with Crippen LogP contribution < -0.4 is 5.48 Å². The molecule has 9 nitrogen and oxygen atoms in total. The molecular formula is C30H41NO8. The Kier molecular flexibility index (Phi) is 11.3. The van der Waals surface area contributed by atoms with Gasteiger partial charge in [0.15, 0.2) is 5.78 Å². The smallest absolute Gasteiger partial charge is 0.308 e. The summed E-state index contributed by atoms with van der Waals surface area (Å²) in [7, 11) is 0. The van der Waals surface area contributed by atoms with Crippen LogP contribution in [0.15, 0.2) is 53.8 Å². The molecule has 7 unspecified atom stereocenters. The molecule has 1 aromatic rings. The van der Waals surface area contributed by atoms with Crippen LogP contribution in [0.25, 0.3) is 0 Å². The molecule has 9 heteroatoms. The van der Waals surface area contributed by atoms with Gasteiger partial charge >= 0.3 is 11.9 Å². The van der Waals surface area contributed by atoms with Crippen LogP contribution in [0, 0.1) is 23.7 Å². The Labute approximate surface area is 229 Å². The monoisotopic (exact) mass is 543 g/mol. The van der Waals surface area contributed by atoms with Crippen LogP contribution in [0.1, 0.15) is 64.9 Å². The summed E-state index contributed by atoms with van der Waals surface area (Å²) in [5.41, 5.74) is 5.36. The van der Waals surface area contributed by atoms with Gasteiger partial charge in [-0.2, -0.15) is 0 Å². The second-order valence-electron chi connectivity index (χ2n) is 10.7. The Morgan fingerprint density at radius 1 is 1.15 bits per heavy atom. The number of allylic oxidation sites excluding steroid dienone is 2. The normalized spacial score (nSPS) is 25.0. The first kappa shape index (κ1) is 30.5. The fraction of sp³-hybridized carbons (Fsp3) is 0.567. The van der Waals surface area contributed by atoms with Crippen LogP contribution in [0.2, 0.25) is 0 Å². The molecule has 1 aromatic carbocycles. The molecule has 0 aliphatic heterocycles. The molecule has 4 N–H and O–H groups in total. The van der Waals surface area contributed by atoms with E-state index in [-0.39, 0.29) is 48.3 Å². The number of hydrogen-bond acceptors (Lipinski definition) is 8. The summed E-state index contributed by atoms with van der Waals surface area (Å²) in [5.74, 6) is -2.64. The fourth-order valence-corrected chi connectivity index (χ4v) is 5.32. The van der Waals surface area contributed by atoms with E-state index < -0.39 is 30.7 Å². The molecule has 39 heavy (non-hydrogen) atoms. The zero-order chi connectivity index (χ0) is 28.5. The number of hydroxylamine groups is 1. The van der Waals surface area contributed by atoms with Gasteiger partial charge in [0, 0.05) is 18.3 Å². The Balaban J connectivity index is 1.79. The van der Waals surface area contributed by atoms with E-state index in [9.17, 15) is 24.6 Å². The number of aliphatic hydroxyl groups is 2. The van der Waals surface area contributed by atoms with Gasteiger partial charge in [0.25, 0.3) is 0 Å². The van der Waals surface area contributed by atoms with Crippen molar-refractivity contribution in [3.63, 3.8) is 0 Å². The van der Waals surface area contributed by atoms with E-state index >= 15 is 0 Å². The van der Waals surface area contributed by atoms with E-state index in [1.807, 2.05) is 57.2 Å². The number of aliphatic hydroxyl groups excluding tert-OH is 2. The van der Waals surface area contributed by atoms with Gasteiger partial charge in [-0.15, -0.1) is 0 Å². The lowest BCUT2D eigenvalue weighted by Gasteiger charge is -2.43. The summed E-state index contributed by atoms with van der Waals surface area (Å²) in [6.07, 6.45) is 2.22. The fourth-order valence-electron chi connectivity index (χ4n) is 5.32. The maximum absolute atomic E-state index is 13.1. The number of ether oxygens (including phenoxy) is 1. The van der Waals surface area contributed by atoms with Gasteiger partial charge in [-0.25, -0.2) is 0 Å². The maximum Gasteiger partial charge on any atom is 0.308 e. The van der Waals surface area contributed by atoms with Crippen LogP contribution in [-0.4, -0.2) is 51.4 Å². The average Bonchev–Trinajstić information content (AvgIpc) is 2.89. The average molecular weight is 544 g/mol. The molecule has 3 rings (SSSR count). The van der Waals surface area contributed by atoms with Crippen molar-refractivity contribution in [1.82, 2.24) is 5.48 Å². The van der Waals surface area contributed by atoms with Crippen molar-refractivity contribution in [3.8, 4) is 0 Å². The standard InChI is InChI=1S/C30H41NO8/c1-4-18(2)30(37)39-27-13-12-25(31-38-17-20-8-6-5-7-9-20)24-16-26(34)19(3)23(29(24)27)11-10-21(32)14-22(33)15-28(35)36/h5-9,12,16,18-19,21-23,27,29,31-33H,4,10-11,13-15,17H2,1-3H3,(H,35,36). The highest BCUT2D eigenvalue weighted by Gasteiger charge is 2.45. The van der Waals surface area contributed by atoms with Gasteiger partial charge in [-0.05, 0) is 48.8 Å². The van der Waals surface area contributed by atoms with Gasteiger partial charge < -0.3 is 20.1 Å². The Morgan fingerprint density at radius 2 is 1.87 bits per heavy atom. The Hall–Kier alpha value is -3.01. The summed E-state index contributed by atoms with van der Waals surface area (Å²) >= 11 is 0. The number of carboxylic acids is 1. The number of carbonyl (C=O) groups excluding carboxylic acids is 2. The van der Waals surface area contributed by atoms with E-state index in [0.717, 1.165) is 5.56 Å². The zero-order valence-corrected chi connectivity index (χ0v) is 22.9. The molecular weight excluding hydrogens is 502 g/mol. The van der Waals surface area contributed by atoms with E-state index in [0.29, 0.717) is 37.1 Å². The number of aliphatic carboxylic acids is 1. The third-order valence-corrected chi connectivity index (χ3v) is 7.81. The number of ketones is 1. The first-order valence-electron chi connectivity index (χ1n) is 13.8. The molecule has 0 amide bonds. The van der Waals surface area contributed by atoms with Crippen LogP contribution in [0.4, 0.5) is 0 Å². The zero-order valence-electron chi connectivity index (χ0n) is 22.9. The van der Waals surface area contributed by atoms with Crippen LogP contribution in [-0.2, 0) is 30.6 Å². The third kappa shape index (κ3) is 8.49. The van der Waals surface area contributed by atoms with Crippen molar-refractivity contribution >= 4 is 17.7 Å². The maximum atomic E-state index is 13.1. The SMILES string of the molecule is CCC(C)C(=O)OC1CC=C(NOCc2ccccc2)C2=CC(=O)C(C)C(CCC(O)CC(O)CC(=O)O)C21. The van der Waals surface area contributed by atoms with Crippen molar-refractivity contribution in [1.29, 1.82) is 0 Å². The molecule has 0 spiro atoms. The largest absolute Gasteiger partial charge is 0.481 e. The molecule has 0 aromatic heterocycles.